The van der Waals surface area contributed by atoms with Gasteiger partial charge < -0.3 is 10.1 Å². The molecule has 0 aliphatic heterocycles. The Bertz CT molecular complexity index is 1330. The van der Waals surface area contributed by atoms with Gasteiger partial charge in [-0.2, -0.15) is 18.3 Å². The number of alkyl halides is 3. The lowest BCUT2D eigenvalue weighted by atomic mass is 10.0. The number of benzene rings is 3. The van der Waals surface area contributed by atoms with Crippen molar-refractivity contribution in [1.82, 2.24) is 9.78 Å². The van der Waals surface area contributed by atoms with Gasteiger partial charge in [0.25, 0.3) is 5.91 Å². The second-order valence-electron chi connectivity index (χ2n) is 8.79. The molecule has 4 rings (SSSR count). The standard InChI is InChI=1S/C28H26F3N3O2/c1-19(2)22-9-11-26(12-10-22)36-18-21-6-3-7-23(13-21)27(35)33-25-15-32-34(17-25)16-20-5-4-8-24(14-20)28(29,30)31/h3-15,17,19H,16,18H2,1-2H3,(H,33,35). The van der Waals surface area contributed by atoms with E-state index in [0.717, 1.165) is 23.4 Å². The van der Waals surface area contributed by atoms with Gasteiger partial charge in [-0.15, -0.1) is 0 Å². The van der Waals surface area contributed by atoms with Gasteiger partial charge in [0.15, 0.2) is 0 Å². The number of rotatable bonds is 8. The van der Waals surface area contributed by atoms with Crippen LogP contribution in [-0.2, 0) is 19.3 Å². The maximum Gasteiger partial charge on any atom is 0.416 e. The third kappa shape index (κ3) is 6.53. The second-order valence-corrected chi connectivity index (χ2v) is 8.79. The van der Waals surface area contributed by atoms with E-state index >= 15 is 0 Å². The molecule has 36 heavy (non-hydrogen) atoms. The Labute approximate surface area is 207 Å². The normalized spacial score (nSPS) is 11.5. The Kier molecular flexibility index (Phi) is 7.43. The maximum absolute atomic E-state index is 12.9. The molecule has 0 saturated carbocycles. The van der Waals surface area contributed by atoms with Crippen LogP contribution >= 0.6 is 0 Å². The monoisotopic (exact) mass is 493 g/mol. The smallest absolute Gasteiger partial charge is 0.416 e. The van der Waals surface area contributed by atoms with Crippen LogP contribution in [0.2, 0.25) is 0 Å². The van der Waals surface area contributed by atoms with Gasteiger partial charge >= 0.3 is 6.18 Å². The first-order valence-electron chi connectivity index (χ1n) is 11.5. The molecule has 0 aliphatic carbocycles. The van der Waals surface area contributed by atoms with Gasteiger partial charge in [0.05, 0.1) is 24.0 Å². The van der Waals surface area contributed by atoms with Gasteiger partial charge in [0.2, 0.25) is 0 Å². The first-order valence-corrected chi connectivity index (χ1v) is 11.5. The zero-order valence-corrected chi connectivity index (χ0v) is 19.9. The summed E-state index contributed by atoms with van der Waals surface area (Å²) in [7, 11) is 0. The number of halogens is 3. The summed E-state index contributed by atoms with van der Waals surface area (Å²) in [5.74, 6) is 0.876. The summed E-state index contributed by atoms with van der Waals surface area (Å²) in [5.41, 5.74) is 2.72. The first-order chi connectivity index (χ1) is 17.2. The average molecular weight is 494 g/mol. The fourth-order valence-electron chi connectivity index (χ4n) is 3.67. The van der Waals surface area contributed by atoms with Crippen LogP contribution in [0, 0.1) is 0 Å². The molecule has 4 aromatic rings. The van der Waals surface area contributed by atoms with E-state index in [9.17, 15) is 18.0 Å². The SMILES string of the molecule is CC(C)c1ccc(OCc2cccc(C(=O)Nc3cnn(Cc4cccc(C(F)(F)F)c4)c3)c2)cc1. The topological polar surface area (TPSA) is 56.1 Å². The molecule has 0 spiro atoms. The van der Waals surface area contributed by atoms with E-state index in [0.29, 0.717) is 29.3 Å². The van der Waals surface area contributed by atoms with Crippen LogP contribution in [0.25, 0.3) is 0 Å². The fraction of sp³-hybridized carbons (Fsp3) is 0.214. The van der Waals surface area contributed by atoms with E-state index in [1.54, 1.807) is 30.5 Å². The van der Waals surface area contributed by atoms with Crippen molar-refractivity contribution in [3.8, 4) is 5.75 Å². The van der Waals surface area contributed by atoms with Crippen molar-refractivity contribution in [2.75, 3.05) is 5.32 Å². The van der Waals surface area contributed by atoms with Crippen LogP contribution in [0.15, 0.2) is 85.2 Å². The molecule has 1 heterocycles. The Hall–Kier alpha value is -4.07. The predicted molar refractivity (Wildman–Crippen MR) is 132 cm³/mol. The number of carbonyl (C=O) groups is 1. The number of hydrogen-bond donors (Lipinski definition) is 1. The van der Waals surface area contributed by atoms with Crippen LogP contribution in [0.5, 0.6) is 5.75 Å². The highest BCUT2D eigenvalue weighted by Gasteiger charge is 2.30. The van der Waals surface area contributed by atoms with Crippen molar-refractivity contribution in [2.45, 2.75) is 39.1 Å². The van der Waals surface area contributed by atoms with E-state index in [1.807, 2.05) is 30.3 Å². The molecule has 1 aromatic heterocycles. The predicted octanol–water partition coefficient (Wildman–Crippen LogP) is 6.90. The molecule has 3 aromatic carbocycles. The van der Waals surface area contributed by atoms with Crippen molar-refractivity contribution in [3.63, 3.8) is 0 Å². The van der Waals surface area contributed by atoms with Gasteiger partial charge in [-0.1, -0.05) is 50.2 Å². The van der Waals surface area contributed by atoms with Crippen molar-refractivity contribution in [2.24, 2.45) is 0 Å². The Balaban J connectivity index is 1.35. The molecular weight excluding hydrogens is 467 g/mol. The largest absolute Gasteiger partial charge is 0.489 e. The Morgan fingerprint density at radius 2 is 1.72 bits per heavy atom. The van der Waals surface area contributed by atoms with Crippen molar-refractivity contribution >= 4 is 11.6 Å². The number of amides is 1. The lowest BCUT2D eigenvalue weighted by Crippen LogP contribution is -2.12. The average Bonchev–Trinajstić information content (AvgIpc) is 3.29. The summed E-state index contributed by atoms with van der Waals surface area (Å²) in [4.78, 5) is 12.8. The van der Waals surface area contributed by atoms with Crippen LogP contribution in [0.4, 0.5) is 18.9 Å². The maximum atomic E-state index is 12.9. The molecule has 5 nitrogen and oxygen atoms in total. The number of nitrogens with one attached hydrogen (secondary N) is 1. The zero-order valence-electron chi connectivity index (χ0n) is 19.9. The summed E-state index contributed by atoms with van der Waals surface area (Å²) < 4.78 is 46.2. The molecule has 186 valence electrons. The zero-order chi connectivity index (χ0) is 25.7. The molecule has 1 amide bonds. The number of carbonyl (C=O) groups excluding carboxylic acids is 1. The molecule has 0 fully saturated rings. The third-order valence-electron chi connectivity index (χ3n) is 5.63. The minimum Gasteiger partial charge on any atom is -0.489 e. The lowest BCUT2D eigenvalue weighted by molar-refractivity contribution is -0.137. The fourth-order valence-corrected chi connectivity index (χ4v) is 3.67. The summed E-state index contributed by atoms with van der Waals surface area (Å²) in [6, 6.07) is 20.1. The van der Waals surface area contributed by atoms with Gasteiger partial charge in [-0.25, -0.2) is 0 Å². The first kappa shape index (κ1) is 25.0. The third-order valence-corrected chi connectivity index (χ3v) is 5.63. The lowest BCUT2D eigenvalue weighted by Gasteiger charge is -2.10. The van der Waals surface area contributed by atoms with Crippen LogP contribution in [-0.4, -0.2) is 15.7 Å². The quantitative estimate of drug-likeness (QED) is 0.290. The van der Waals surface area contributed by atoms with Gasteiger partial charge in [0.1, 0.15) is 12.4 Å². The number of hydrogen-bond acceptors (Lipinski definition) is 3. The number of ether oxygens (including phenoxy) is 1. The Morgan fingerprint density at radius 1 is 1.00 bits per heavy atom. The Morgan fingerprint density at radius 3 is 2.44 bits per heavy atom. The number of nitrogens with zero attached hydrogens (tertiary/aromatic N) is 2. The van der Waals surface area contributed by atoms with Crippen LogP contribution < -0.4 is 10.1 Å². The molecule has 8 heteroatoms. The van der Waals surface area contributed by atoms with E-state index in [1.165, 1.54) is 22.5 Å². The molecule has 0 saturated heterocycles. The highest BCUT2D eigenvalue weighted by molar-refractivity contribution is 6.04. The molecule has 0 atom stereocenters. The molecule has 0 aliphatic rings. The van der Waals surface area contributed by atoms with E-state index < -0.39 is 11.7 Å². The number of aromatic nitrogens is 2. The van der Waals surface area contributed by atoms with E-state index in [2.05, 4.69) is 24.3 Å². The molecule has 1 N–H and O–H groups in total. The van der Waals surface area contributed by atoms with Gasteiger partial charge in [0, 0.05) is 11.8 Å². The van der Waals surface area contributed by atoms with Crippen molar-refractivity contribution in [3.05, 3.63) is 113 Å². The van der Waals surface area contributed by atoms with Gasteiger partial charge in [-0.05, 0) is 59.0 Å². The summed E-state index contributed by atoms with van der Waals surface area (Å²) in [6.07, 6.45) is -1.37. The van der Waals surface area contributed by atoms with Crippen LogP contribution in [0.1, 0.15) is 52.4 Å². The van der Waals surface area contributed by atoms with Crippen molar-refractivity contribution in [1.29, 1.82) is 0 Å². The van der Waals surface area contributed by atoms with Crippen LogP contribution in [0.3, 0.4) is 0 Å². The number of anilines is 1. The van der Waals surface area contributed by atoms with Gasteiger partial charge in [-0.3, -0.25) is 9.48 Å². The second kappa shape index (κ2) is 10.7. The molecule has 0 radical (unpaired) electrons. The van der Waals surface area contributed by atoms with E-state index in [4.69, 9.17) is 4.74 Å². The molecule has 0 bridgehead atoms. The molecular formula is C28H26F3N3O2. The van der Waals surface area contributed by atoms with Crippen molar-refractivity contribution < 1.29 is 22.7 Å². The summed E-state index contributed by atoms with van der Waals surface area (Å²) in [5, 5.41) is 6.92. The summed E-state index contributed by atoms with van der Waals surface area (Å²) >= 11 is 0. The summed E-state index contributed by atoms with van der Waals surface area (Å²) in [6.45, 7) is 4.73. The minimum atomic E-state index is -4.41. The highest BCUT2D eigenvalue weighted by atomic mass is 19.4. The van der Waals surface area contributed by atoms with E-state index in [-0.39, 0.29) is 12.5 Å². The minimum absolute atomic E-state index is 0.144. The molecule has 0 unspecified atom stereocenters. The highest BCUT2D eigenvalue weighted by Crippen LogP contribution is 2.29.